The Balaban J connectivity index is 2.46. The number of amides is 1. The highest BCUT2D eigenvalue weighted by Gasteiger charge is 2.14. The van der Waals surface area contributed by atoms with Crippen molar-refractivity contribution in [3.05, 3.63) is 34.3 Å². The lowest BCUT2D eigenvalue weighted by Crippen LogP contribution is -2.41. The predicted molar refractivity (Wildman–Crippen MR) is 73.4 cm³/mol. The number of nitrogens with two attached hydrogens (primary N) is 1. The molecule has 0 unspecified atom stereocenters. The first-order chi connectivity index (χ1) is 8.00. The lowest BCUT2D eigenvalue weighted by atomic mass is 10.0. The number of halogens is 1. The van der Waals surface area contributed by atoms with E-state index >= 15 is 0 Å². The molecule has 4 heteroatoms. The molecule has 1 aromatic carbocycles. The van der Waals surface area contributed by atoms with Gasteiger partial charge in [-0.25, -0.2) is 0 Å². The van der Waals surface area contributed by atoms with Crippen molar-refractivity contribution in [2.75, 3.05) is 0 Å². The molecule has 0 aliphatic heterocycles. The van der Waals surface area contributed by atoms with Gasteiger partial charge >= 0.3 is 0 Å². The zero-order chi connectivity index (χ0) is 12.8. The molecule has 0 bridgehead atoms. The summed E-state index contributed by atoms with van der Waals surface area (Å²) in [4.78, 5) is 11.7. The Labute approximate surface area is 111 Å². The molecule has 0 aliphatic rings. The van der Waals surface area contributed by atoms with E-state index in [0.717, 1.165) is 10.0 Å². The maximum absolute atomic E-state index is 11.7. The molecular weight excluding hydrogens is 280 g/mol. The van der Waals surface area contributed by atoms with Crippen LogP contribution in [-0.2, 0) is 11.3 Å². The second-order valence-corrected chi connectivity index (χ2v) is 5.40. The van der Waals surface area contributed by atoms with Crippen LogP contribution in [-0.4, -0.2) is 11.9 Å². The summed E-state index contributed by atoms with van der Waals surface area (Å²) in [6.45, 7) is 4.62. The molecule has 0 heterocycles. The van der Waals surface area contributed by atoms with Crippen LogP contribution in [0.15, 0.2) is 28.7 Å². The summed E-state index contributed by atoms with van der Waals surface area (Å²) >= 11 is 3.44. The molecule has 0 aliphatic carbocycles. The Morgan fingerprint density at radius 3 is 2.65 bits per heavy atom. The van der Waals surface area contributed by atoms with Gasteiger partial charge in [-0.3, -0.25) is 4.79 Å². The summed E-state index contributed by atoms with van der Waals surface area (Å²) < 4.78 is 0.998. The van der Waals surface area contributed by atoms with Gasteiger partial charge in [0.2, 0.25) is 5.91 Å². The molecule has 3 nitrogen and oxygen atoms in total. The molecule has 0 radical (unpaired) electrons. The first-order valence-electron chi connectivity index (χ1n) is 5.77. The van der Waals surface area contributed by atoms with E-state index in [9.17, 15) is 4.79 Å². The number of carbonyl (C=O) groups excluding carboxylic acids is 1. The average molecular weight is 299 g/mol. The molecule has 0 spiro atoms. The third-order valence-corrected chi connectivity index (χ3v) is 3.25. The SMILES string of the molecule is CC(C)C[C@H](N)C(=O)NCc1ccccc1Br. The number of hydrogen-bond acceptors (Lipinski definition) is 2. The highest BCUT2D eigenvalue weighted by atomic mass is 79.9. The van der Waals surface area contributed by atoms with E-state index < -0.39 is 6.04 Å². The van der Waals surface area contributed by atoms with E-state index in [1.807, 2.05) is 24.3 Å². The number of nitrogens with one attached hydrogen (secondary N) is 1. The summed E-state index contributed by atoms with van der Waals surface area (Å²) in [5, 5.41) is 2.85. The largest absolute Gasteiger partial charge is 0.351 e. The number of carbonyl (C=O) groups is 1. The first-order valence-corrected chi connectivity index (χ1v) is 6.56. The van der Waals surface area contributed by atoms with Crippen molar-refractivity contribution in [3.8, 4) is 0 Å². The Bertz CT molecular complexity index is 379. The topological polar surface area (TPSA) is 55.1 Å². The van der Waals surface area contributed by atoms with Crippen LogP contribution in [0.3, 0.4) is 0 Å². The Morgan fingerprint density at radius 1 is 1.41 bits per heavy atom. The van der Waals surface area contributed by atoms with Crippen molar-refractivity contribution in [3.63, 3.8) is 0 Å². The summed E-state index contributed by atoms with van der Waals surface area (Å²) in [6, 6.07) is 7.39. The van der Waals surface area contributed by atoms with E-state index in [2.05, 4.69) is 35.1 Å². The van der Waals surface area contributed by atoms with Crippen molar-refractivity contribution in [1.82, 2.24) is 5.32 Å². The molecule has 94 valence electrons. The number of hydrogen-bond donors (Lipinski definition) is 2. The minimum Gasteiger partial charge on any atom is -0.351 e. The van der Waals surface area contributed by atoms with Crippen LogP contribution >= 0.6 is 15.9 Å². The van der Waals surface area contributed by atoms with Gasteiger partial charge < -0.3 is 11.1 Å². The summed E-state index contributed by atoms with van der Waals surface area (Å²) in [6.07, 6.45) is 0.710. The van der Waals surface area contributed by atoms with Gasteiger partial charge in [0, 0.05) is 11.0 Å². The summed E-state index contributed by atoms with van der Waals surface area (Å²) in [5.74, 6) is 0.341. The molecule has 1 atom stereocenters. The van der Waals surface area contributed by atoms with Gasteiger partial charge in [0.1, 0.15) is 0 Å². The van der Waals surface area contributed by atoms with Gasteiger partial charge in [-0.2, -0.15) is 0 Å². The highest BCUT2D eigenvalue weighted by molar-refractivity contribution is 9.10. The minimum atomic E-state index is -0.419. The van der Waals surface area contributed by atoms with Crippen LogP contribution in [0, 0.1) is 5.92 Å². The fourth-order valence-electron chi connectivity index (χ4n) is 1.57. The van der Waals surface area contributed by atoms with Crippen molar-refractivity contribution < 1.29 is 4.79 Å². The van der Waals surface area contributed by atoms with E-state index in [4.69, 9.17) is 5.73 Å². The fraction of sp³-hybridized carbons (Fsp3) is 0.462. The lowest BCUT2D eigenvalue weighted by molar-refractivity contribution is -0.122. The molecule has 17 heavy (non-hydrogen) atoms. The zero-order valence-electron chi connectivity index (χ0n) is 10.2. The zero-order valence-corrected chi connectivity index (χ0v) is 11.8. The average Bonchev–Trinajstić information content (AvgIpc) is 2.26. The smallest absolute Gasteiger partial charge is 0.237 e. The van der Waals surface area contributed by atoms with Crippen molar-refractivity contribution in [2.45, 2.75) is 32.9 Å². The molecule has 1 aromatic rings. The molecule has 0 aromatic heterocycles. The second-order valence-electron chi connectivity index (χ2n) is 4.55. The van der Waals surface area contributed by atoms with E-state index in [-0.39, 0.29) is 5.91 Å². The van der Waals surface area contributed by atoms with Gasteiger partial charge in [0.15, 0.2) is 0 Å². The molecule has 1 rings (SSSR count). The molecule has 0 fully saturated rings. The van der Waals surface area contributed by atoms with Crippen LogP contribution < -0.4 is 11.1 Å². The normalized spacial score (nSPS) is 12.5. The summed E-state index contributed by atoms with van der Waals surface area (Å²) in [7, 11) is 0. The maximum atomic E-state index is 11.7. The molecule has 0 saturated carbocycles. The van der Waals surface area contributed by atoms with Gasteiger partial charge in [-0.1, -0.05) is 48.0 Å². The van der Waals surface area contributed by atoms with Crippen LogP contribution in [0.25, 0.3) is 0 Å². The highest BCUT2D eigenvalue weighted by Crippen LogP contribution is 2.15. The number of benzene rings is 1. The molecule has 0 saturated heterocycles. The fourth-order valence-corrected chi connectivity index (χ4v) is 2.00. The standard InChI is InChI=1S/C13H19BrN2O/c1-9(2)7-12(15)13(17)16-8-10-5-3-4-6-11(10)14/h3-6,9,12H,7-8,15H2,1-2H3,(H,16,17)/t12-/m0/s1. The summed E-state index contributed by atoms with van der Waals surface area (Å²) in [5.41, 5.74) is 6.85. The molecule has 1 amide bonds. The second kappa shape index (κ2) is 6.77. The van der Waals surface area contributed by atoms with Crippen molar-refractivity contribution in [2.24, 2.45) is 11.7 Å². The third-order valence-electron chi connectivity index (χ3n) is 2.47. The predicted octanol–water partition coefficient (Wildman–Crippen LogP) is 2.44. The van der Waals surface area contributed by atoms with Crippen LogP contribution in [0.5, 0.6) is 0 Å². The monoisotopic (exact) mass is 298 g/mol. The van der Waals surface area contributed by atoms with Crippen LogP contribution in [0.4, 0.5) is 0 Å². The van der Waals surface area contributed by atoms with Gasteiger partial charge in [-0.15, -0.1) is 0 Å². The Kier molecular flexibility index (Phi) is 5.65. The Hall–Kier alpha value is -0.870. The van der Waals surface area contributed by atoms with Gasteiger partial charge in [0.25, 0.3) is 0 Å². The molecule has 3 N–H and O–H groups in total. The molecular formula is C13H19BrN2O. The van der Waals surface area contributed by atoms with Gasteiger partial charge in [-0.05, 0) is 24.0 Å². The lowest BCUT2D eigenvalue weighted by Gasteiger charge is -2.14. The minimum absolute atomic E-state index is 0.0885. The van der Waals surface area contributed by atoms with E-state index in [0.29, 0.717) is 18.9 Å². The van der Waals surface area contributed by atoms with E-state index in [1.54, 1.807) is 0 Å². The first kappa shape index (κ1) is 14.2. The van der Waals surface area contributed by atoms with Crippen LogP contribution in [0.2, 0.25) is 0 Å². The van der Waals surface area contributed by atoms with Gasteiger partial charge in [0.05, 0.1) is 6.04 Å². The third kappa shape index (κ3) is 4.88. The van der Waals surface area contributed by atoms with Crippen LogP contribution in [0.1, 0.15) is 25.8 Å². The number of rotatable bonds is 5. The van der Waals surface area contributed by atoms with Crippen molar-refractivity contribution in [1.29, 1.82) is 0 Å². The van der Waals surface area contributed by atoms with E-state index in [1.165, 1.54) is 0 Å². The maximum Gasteiger partial charge on any atom is 0.237 e. The van der Waals surface area contributed by atoms with Crippen molar-refractivity contribution >= 4 is 21.8 Å². The Morgan fingerprint density at radius 2 is 2.06 bits per heavy atom. The quantitative estimate of drug-likeness (QED) is 0.877.